The number of hydrogen-bond acceptors (Lipinski definition) is 5. The van der Waals surface area contributed by atoms with Crippen LogP contribution in [-0.2, 0) is 0 Å². The van der Waals surface area contributed by atoms with E-state index in [0.717, 1.165) is 29.2 Å². The van der Waals surface area contributed by atoms with Crippen molar-refractivity contribution in [3.05, 3.63) is 71.6 Å². The molecule has 0 fully saturated rings. The normalized spacial score (nSPS) is 21.6. The highest BCUT2D eigenvalue weighted by Crippen LogP contribution is 2.31. The molecule has 5 nitrogen and oxygen atoms in total. The second-order valence-electron chi connectivity index (χ2n) is 5.88. The van der Waals surface area contributed by atoms with E-state index in [-0.39, 0.29) is 6.04 Å². The summed E-state index contributed by atoms with van der Waals surface area (Å²) in [6.45, 7) is 2.14. The molecule has 2 N–H and O–H groups in total. The largest absolute Gasteiger partial charge is 0.349 e. The van der Waals surface area contributed by atoms with Crippen molar-refractivity contribution in [2.45, 2.75) is 25.0 Å². The van der Waals surface area contributed by atoms with Crippen molar-refractivity contribution in [2.75, 3.05) is 0 Å². The van der Waals surface area contributed by atoms with E-state index in [4.69, 9.17) is 16.6 Å². The van der Waals surface area contributed by atoms with Crippen LogP contribution >= 0.6 is 11.6 Å². The fourth-order valence-corrected chi connectivity index (χ4v) is 3.29. The maximum atomic E-state index is 6.25. The topological polar surface area (TPSA) is 61.7 Å². The Kier molecular flexibility index (Phi) is 4.24. The smallest absolute Gasteiger partial charge is 0.197 e. The number of fused-ring (bicyclic) bond motifs is 1. The Morgan fingerprint density at radius 2 is 1.96 bits per heavy atom. The standard InChI is InChI=1S/C19H18ClN5/c1-2-14-12-7-3-4-8-13(12)18(22-14)24-17-11-16(23-19(20)25-17)15-9-5-6-10-21-15/h3-11,14,19,23H,2H2,1H3,(H,22,24,25). The molecule has 2 unspecified atom stereocenters. The zero-order valence-electron chi connectivity index (χ0n) is 13.8. The highest BCUT2D eigenvalue weighted by molar-refractivity contribution is 6.23. The van der Waals surface area contributed by atoms with Gasteiger partial charge in [-0.25, -0.2) is 4.99 Å². The van der Waals surface area contributed by atoms with Gasteiger partial charge in [-0.3, -0.25) is 9.98 Å². The SMILES string of the molecule is CCC1N=C(NC2=NC(Cl)NC(c3ccccn3)=C2)c2ccccc21. The molecule has 0 saturated heterocycles. The molecule has 0 amide bonds. The molecule has 126 valence electrons. The van der Waals surface area contributed by atoms with Crippen molar-refractivity contribution in [3.8, 4) is 0 Å². The van der Waals surface area contributed by atoms with Crippen LogP contribution in [0.25, 0.3) is 5.70 Å². The monoisotopic (exact) mass is 351 g/mol. The Labute approximate surface area is 151 Å². The van der Waals surface area contributed by atoms with Gasteiger partial charge in [-0.15, -0.1) is 0 Å². The second-order valence-corrected chi connectivity index (χ2v) is 6.29. The molecule has 2 aliphatic heterocycles. The molecule has 3 heterocycles. The summed E-state index contributed by atoms with van der Waals surface area (Å²) in [5.41, 5.74) is 3.47. The van der Waals surface area contributed by atoms with E-state index < -0.39 is 5.62 Å². The number of alkyl halides is 1. The molecule has 6 heteroatoms. The van der Waals surface area contributed by atoms with Gasteiger partial charge in [-0.05, 0) is 24.1 Å². The molecule has 0 aliphatic carbocycles. The summed E-state index contributed by atoms with van der Waals surface area (Å²) >= 11 is 6.25. The van der Waals surface area contributed by atoms with Gasteiger partial charge in [0.2, 0.25) is 0 Å². The van der Waals surface area contributed by atoms with Gasteiger partial charge in [0, 0.05) is 17.8 Å². The number of pyridine rings is 1. The quantitative estimate of drug-likeness (QED) is 0.643. The highest BCUT2D eigenvalue weighted by atomic mass is 35.5. The van der Waals surface area contributed by atoms with E-state index in [9.17, 15) is 0 Å². The molecule has 0 spiro atoms. The highest BCUT2D eigenvalue weighted by Gasteiger charge is 2.25. The molecule has 0 saturated carbocycles. The molecule has 2 atom stereocenters. The molecule has 1 aromatic carbocycles. The van der Waals surface area contributed by atoms with Crippen LogP contribution < -0.4 is 10.6 Å². The van der Waals surface area contributed by atoms with Crippen molar-refractivity contribution >= 4 is 29.0 Å². The molecular weight excluding hydrogens is 334 g/mol. The van der Waals surface area contributed by atoms with E-state index in [2.05, 4.69) is 45.7 Å². The van der Waals surface area contributed by atoms with Crippen molar-refractivity contribution in [1.29, 1.82) is 0 Å². The number of hydrogen-bond donors (Lipinski definition) is 2. The average Bonchev–Trinajstić information content (AvgIpc) is 3.00. The van der Waals surface area contributed by atoms with Crippen molar-refractivity contribution in [2.24, 2.45) is 9.98 Å². The number of benzene rings is 1. The minimum Gasteiger partial charge on any atom is -0.349 e. The Bertz CT molecular complexity index is 872. The van der Waals surface area contributed by atoms with Crippen LogP contribution in [0.2, 0.25) is 0 Å². The van der Waals surface area contributed by atoms with Crippen LogP contribution in [0.15, 0.2) is 64.7 Å². The van der Waals surface area contributed by atoms with Crippen LogP contribution in [0.1, 0.15) is 36.2 Å². The molecule has 25 heavy (non-hydrogen) atoms. The maximum absolute atomic E-state index is 6.25. The lowest BCUT2D eigenvalue weighted by molar-refractivity contribution is 0.714. The first-order valence-electron chi connectivity index (χ1n) is 8.30. The number of aliphatic imine (C=N–C) groups is 2. The number of nitrogens with one attached hydrogen (secondary N) is 2. The molecule has 2 aliphatic rings. The Balaban J connectivity index is 1.63. The van der Waals surface area contributed by atoms with Crippen molar-refractivity contribution in [3.63, 3.8) is 0 Å². The van der Waals surface area contributed by atoms with Gasteiger partial charge in [0.05, 0.1) is 17.4 Å². The summed E-state index contributed by atoms with van der Waals surface area (Å²) in [6.07, 6.45) is 4.62. The van der Waals surface area contributed by atoms with Gasteiger partial charge in [0.25, 0.3) is 0 Å². The zero-order chi connectivity index (χ0) is 17.2. The fourth-order valence-electron chi connectivity index (χ4n) is 3.07. The number of aromatic nitrogens is 1. The third-order valence-corrected chi connectivity index (χ3v) is 4.45. The number of nitrogens with zero attached hydrogens (tertiary/aromatic N) is 3. The molecule has 4 rings (SSSR count). The predicted molar refractivity (Wildman–Crippen MR) is 102 cm³/mol. The molecular formula is C19H18ClN5. The number of halogens is 1. The van der Waals surface area contributed by atoms with Gasteiger partial charge in [0.15, 0.2) is 5.62 Å². The number of amidine groups is 2. The molecule has 0 radical (unpaired) electrons. The maximum Gasteiger partial charge on any atom is 0.197 e. The summed E-state index contributed by atoms with van der Waals surface area (Å²) in [5.74, 6) is 1.51. The second kappa shape index (κ2) is 6.69. The summed E-state index contributed by atoms with van der Waals surface area (Å²) in [5, 5.41) is 6.46. The van der Waals surface area contributed by atoms with E-state index >= 15 is 0 Å². The van der Waals surface area contributed by atoms with Crippen molar-refractivity contribution < 1.29 is 0 Å². The third-order valence-electron chi connectivity index (χ3n) is 4.24. The van der Waals surface area contributed by atoms with E-state index in [0.29, 0.717) is 5.84 Å². The van der Waals surface area contributed by atoms with E-state index in [1.54, 1.807) is 6.20 Å². The van der Waals surface area contributed by atoms with Crippen LogP contribution in [0.5, 0.6) is 0 Å². The molecule has 0 bridgehead atoms. The summed E-state index contributed by atoms with van der Waals surface area (Å²) in [6, 6.07) is 14.2. The van der Waals surface area contributed by atoms with Crippen LogP contribution in [0, 0.1) is 0 Å². The minimum absolute atomic E-state index is 0.187. The van der Waals surface area contributed by atoms with Gasteiger partial charge in [-0.2, -0.15) is 0 Å². The van der Waals surface area contributed by atoms with Crippen molar-refractivity contribution in [1.82, 2.24) is 15.6 Å². The van der Waals surface area contributed by atoms with Crippen LogP contribution in [0.4, 0.5) is 0 Å². The lowest BCUT2D eigenvalue weighted by Gasteiger charge is -2.20. The lowest BCUT2D eigenvalue weighted by atomic mass is 10.0. The van der Waals surface area contributed by atoms with Gasteiger partial charge in [0.1, 0.15) is 11.7 Å². The van der Waals surface area contributed by atoms with Crippen LogP contribution in [0.3, 0.4) is 0 Å². The lowest BCUT2D eigenvalue weighted by Crippen LogP contribution is -2.36. The molecule has 2 aromatic rings. The first kappa shape index (κ1) is 15.8. The first-order valence-corrected chi connectivity index (χ1v) is 8.74. The first-order chi connectivity index (χ1) is 12.2. The van der Waals surface area contributed by atoms with Gasteiger partial charge >= 0.3 is 0 Å². The summed E-state index contributed by atoms with van der Waals surface area (Å²) in [4.78, 5) is 13.6. The fraction of sp³-hybridized carbons (Fsp3) is 0.211. The van der Waals surface area contributed by atoms with Gasteiger partial charge < -0.3 is 10.6 Å². The predicted octanol–water partition coefficient (Wildman–Crippen LogP) is 3.45. The third kappa shape index (κ3) is 3.15. The Morgan fingerprint density at radius 1 is 1.12 bits per heavy atom. The zero-order valence-corrected chi connectivity index (χ0v) is 14.5. The van der Waals surface area contributed by atoms with Crippen LogP contribution in [-0.4, -0.2) is 22.3 Å². The summed E-state index contributed by atoms with van der Waals surface area (Å²) in [7, 11) is 0. The summed E-state index contributed by atoms with van der Waals surface area (Å²) < 4.78 is 0. The Hall–Kier alpha value is -2.66. The number of rotatable bonds is 2. The van der Waals surface area contributed by atoms with Gasteiger partial charge in [-0.1, -0.05) is 48.9 Å². The Morgan fingerprint density at radius 3 is 2.76 bits per heavy atom. The minimum atomic E-state index is -0.552. The van der Waals surface area contributed by atoms with E-state index in [1.807, 2.05) is 30.3 Å². The van der Waals surface area contributed by atoms with E-state index in [1.165, 1.54) is 5.56 Å². The average molecular weight is 352 g/mol. The molecule has 1 aromatic heterocycles.